The molecule has 1 fully saturated rings. The first-order valence-corrected chi connectivity index (χ1v) is 5.72. The van der Waals surface area contributed by atoms with Gasteiger partial charge in [0.25, 0.3) is 0 Å². The summed E-state index contributed by atoms with van der Waals surface area (Å²) in [5.41, 5.74) is -0.680. The molecular formula is C12H16O4. The third kappa shape index (κ3) is 2.02. The Balaban J connectivity index is 2.12. The van der Waals surface area contributed by atoms with Gasteiger partial charge in [0.2, 0.25) is 0 Å². The summed E-state index contributed by atoms with van der Waals surface area (Å²) >= 11 is 0. The van der Waals surface area contributed by atoms with Gasteiger partial charge in [-0.3, -0.25) is 9.59 Å². The van der Waals surface area contributed by atoms with Crippen molar-refractivity contribution in [2.75, 3.05) is 6.61 Å². The lowest BCUT2D eigenvalue weighted by atomic mass is 9.86. The van der Waals surface area contributed by atoms with E-state index >= 15 is 0 Å². The second-order valence-corrected chi connectivity index (χ2v) is 4.29. The zero-order valence-electron chi connectivity index (χ0n) is 9.40. The number of hydrogen-bond acceptors (Lipinski definition) is 4. The number of ether oxygens (including phenoxy) is 2. The number of hydrogen-bond donors (Lipinski definition) is 0. The van der Waals surface area contributed by atoms with E-state index in [-0.39, 0.29) is 17.9 Å². The Morgan fingerprint density at radius 1 is 1.69 bits per heavy atom. The summed E-state index contributed by atoms with van der Waals surface area (Å²) < 4.78 is 10.9. The van der Waals surface area contributed by atoms with E-state index in [1.54, 1.807) is 6.08 Å². The summed E-state index contributed by atoms with van der Waals surface area (Å²) in [6, 6.07) is 0. The zero-order valence-corrected chi connectivity index (χ0v) is 9.40. The lowest BCUT2D eigenvalue weighted by Gasteiger charge is -2.32. The fraction of sp³-hybridized carbons (Fsp3) is 0.667. The van der Waals surface area contributed by atoms with Gasteiger partial charge in [-0.2, -0.15) is 0 Å². The third-order valence-corrected chi connectivity index (χ3v) is 3.05. The van der Waals surface area contributed by atoms with Crippen LogP contribution in [0.5, 0.6) is 0 Å². The van der Waals surface area contributed by atoms with Gasteiger partial charge in [0, 0.05) is 19.3 Å². The summed E-state index contributed by atoms with van der Waals surface area (Å²) in [5.74, 6) is -0.175. The molecule has 0 radical (unpaired) electrons. The first-order valence-electron chi connectivity index (χ1n) is 5.72. The number of carbonyl (C=O) groups is 2. The average molecular weight is 224 g/mol. The molecule has 0 amide bonds. The van der Waals surface area contributed by atoms with Crippen LogP contribution < -0.4 is 0 Å². The monoisotopic (exact) mass is 224 g/mol. The van der Waals surface area contributed by atoms with Crippen LogP contribution in [0.15, 0.2) is 12.2 Å². The van der Waals surface area contributed by atoms with E-state index in [0.29, 0.717) is 25.9 Å². The zero-order chi connectivity index (χ0) is 11.6. The molecule has 0 aromatic heterocycles. The molecule has 1 aliphatic carbocycles. The van der Waals surface area contributed by atoms with E-state index in [4.69, 9.17) is 9.47 Å². The molecule has 16 heavy (non-hydrogen) atoms. The van der Waals surface area contributed by atoms with E-state index in [1.807, 2.05) is 6.92 Å². The van der Waals surface area contributed by atoms with E-state index in [0.717, 1.165) is 6.42 Å². The second-order valence-electron chi connectivity index (χ2n) is 4.29. The van der Waals surface area contributed by atoms with Crippen LogP contribution in [0.2, 0.25) is 0 Å². The standard InChI is InChI=1S/C12H16O4/c1-2-3-11(14)16-12-5-4-9(13)8-10(12)15-7-6-12/h4-5,10H,2-3,6-8H2,1H3/t10-,12+/m1/s1. The van der Waals surface area contributed by atoms with Gasteiger partial charge in [-0.05, 0) is 18.6 Å². The second kappa shape index (κ2) is 4.37. The van der Waals surface area contributed by atoms with Crippen LogP contribution in [0.1, 0.15) is 32.6 Å². The van der Waals surface area contributed by atoms with Crippen molar-refractivity contribution in [3.8, 4) is 0 Å². The number of carbonyl (C=O) groups excluding carboxylic acids is 2. The van der Waals surface area contributed by atoms with Crippen molar-refractivity contribution >= 4 is 11.8 Å². The lowest BCUT2D eigenvalue weighted by molar-refractivity contribution is -0.161. The molecule has 1 aliphatic heterocycles. The minimum Gasteiger partial charge on any atom is -0.452 e. The number of ketones is 1. The van der Waals surface area contributed by atoms with Crippen molar-refractivity contribution in [2.24, 2.45) is 0 Å². The highest BCUT2D eigenvalue weighted by molar-refractivity contribution is 5.91. The Morgan fingerprint density at radius 3 is 3.25 bits per heavy atom. The molecular weight excluding hydrogens is 208 g/mol. The van der Waals surface area contributed by atoms with E-state index in [2.05, 4.69) is 0 Å². The molecule has 88 valence electrons. The molecule has 1 saturated heterocycles. The normalized spacial score (nSPS) is 32.6. The van der Waals surface area contributed by atoms with Crippen LogP contribution in [0.25, 0.3) is 0 Å². The Kier molecular flexibility index (Phi) is 3.10. The van der Waals surface area contributed by atoms with Crippen molar-refractivity contribution in [1.29, 1.82) is 0 Å². The molecule has 4 nitrogen and oxygen atoms in total. The summed E-state index contributed by atoms with van der Waals surface area (Å²) in [7, 11) is 0. The topological polar surface area (TPSA) is 52.6 Å². The van der Waals surface area contributed by atoms with Gasteiger partial charge >= 0.3 is 5.97 Å². The van der Waals surface area contributed by atoms with Gasteiger partial charge < -0.3 is 9.47 Å². The summed E-state index contributed by atoms with van der Waals surface area (Å²) in [4.78, 5) is 22.8. The van der Waals surface area contributed by atoms with Crippen LogP contribution in [0.4, 0.5) is 0 Å². The number of allylic oxidation sites excluding steroid dienone is 1. The number of fused-ring (bicyclic) bond motifs is 1. The fourth-order valence-corrected chi connectivity index (χ4v) is 2.19. The maximum absolute atomic E-state index is 11.5. The van der Waals surface area contributed by atoms with Gasteiger partial charge in [0.15, 0.2) is 11.4 Å². The Morgan fingerprint density at radius 2 is 2.50 bits per heavy atom. The molecule has 0 N–H and O–H groups in total. The van der Waals surface area contributed by atoms with Crippen LogP contribution in [0.3, 0.4) is 0 Å². The average Bonchev–Trinajstić information content (AvgIpc) is 2.61. The SMILES string of the molecule is CCCC(=O)O[C@]12C=CC(=O)C[C@H]1OCC2. The maximum atomic E-state index is 11.5. The quantitative estimate of drug-likeness (QED) is 0.680. The molecule has 1 heterocycles. The van der Waals surface area contributed by atoms with Crippen LogP contribution in [-0.4, -0.2) is 30.1 Å². The predicted octanol–water partition coefficient (Wildman–Crippen LogP) is 1.39. The highest BCUT2D eigenvalue weighted by Crippen LogP contribution is 2.36. The summed E-state index contributed by atoms with van der Waals surface area (Å²) in [5, 5.41) is 0. The molecule has 4 heteroatoms. The minimum absolute atomic E-state index is 0.0362. The van der Waals surface area contributed by atoms with Crippen LogP contribution >= 0.6 is 0 Å². The molecule has 0 spiro atoms. The number of rotatable bonds is 3. The van der Waals surface area contributed by atoms with Crippen molar-refractivity contribution in [3.63, 3.8) is 0 Å². The highest BCUT2D eigenvalue weighted by atomic mass is 16.6. The Hall–Kier alpha value is -1.16. The molecule has 2 aliphatic rings. The molecule has 0 aromatic carbocycles. The van der Waals surface area contributed by atoms with Crippen molar-refractivity contribution in [1.82, 2.24) is 0 Å². The summed E-state index contributed by atoms with van der Waals surface area (Å²) in [6.45, 7) is 2.48. The predicted molar refractivity (Wildman–Crippen MR) is 56.9 cm³/mol. The third-order valence-electron chi connectivity index (χ3n) is 3.05. The van der Waals surface area contributed by atoms with Crippen molar-refractivity contribution in [3.05, 3.63) is 12.2 Å². The van der Waals surface area contributed by atoms with Gasteiger partial charge in [-0.25, -0.2) is 0 Å². The largest absolute Gasteiger partial charge is 0.452 e. The summed E-state index contributed by atoms with van der Waals surface area (Å²) in [6.07, 6.45) is 5.06. The Labute approximate surface area is 94.6 Å². The molecule has 2 atom stereocenters. The van der Waals surface area contributed by atoms with E-state index < -0.39 is 5.60 Å². The molecule has 0 bridgehead atoms. The van der Waals surface area contributed by atoms with E-state index in [1.165, 1.54) is 6.08 Å². The highest BCUT2D eigenvalue weighted by Gasteiger charge is 2.48. The van der Waals surface area contributed by atoms with Crippen LogP contribution in [0, 0.1) is 0 Å². The lowest BCUT2D eigenvalue weighted by Crippen LogP contribution is -2.44. The molecule has 0 unspecified atom stereocenters. The molecule has 0 saturated carbocycles. The van der Waals surface area contributed by atoms with Crippen molar-refractivity contribution < 1.29 is 19.1 Å². The van der Waals surface area contributed by atoms with E-state index in [9.17, 15) is 9.59 Å². The fourth-order valence-electron chi connectivity index (χ4n) is 2.19. The van der Waals surface area contributed by atoms with Crippen LogP contribution in [-0.2, 0) is 19.1 Å². The maximum Gasteiger partial charge on any atom is 0.306 e. The van der Waals surface area contributed by atoms with Gasteiger partial charge in [-0.1, -0.05) is 6.92 Å². The van der Waals surface area contributed by atoms with Gasteiger partial charge in [-0.15, -0.1) is 0 Å². The molecule has 0 aromatic rings. The van der Waals surface area contributed by atoms with Gasteiger partial charge in [0.05, 0.1) is 6.61 Å². The first kappa shape index (κ1) is 11.3. The smallest absolute Gasteiger partial charge is 0.306 e. The number of esters is 1. The van der Waals surface area contributed by atoms with Gasteiger partial charge in [0.1, 0.15) is 6.10 Å². The van der Waals surface area contributed by atoms with Crippen molar-refractivity contribution in [2.45, 2.75) is 44.3 Å². The minimum atomic E-state index is -0.680. The molecule has 2 rings (SSSR count). The Bertz CT molecular complexity index is 334. The first-order chi connectivity index (χ1) is 7.66.